The number of carbonyl (C=O) groups is 1. The second-order valence-electron chi connectivity index (χ2n) is 7.17. The van der Waals surface area contributed by atoms with Gasteiger partial charge < -0.3 is 4.74 Å². The van der Waals surface area contributed by atoms with Crippen LogP contribution in [0.15, 0.2) is 53.4 Å². The normalized spacial score (nSPS) is 15.9. The van der Waals surface area contributed by atoms with E-state index in [1.807, 2.05) is 24.3 Å². The average Bonchev–Trinajstić information content (AvgIpc) is 3.44. The minimum Gasteiger partial charge on any atom is -0.487 e. The van der Waals surface area contributed by atoms with Gasteiger partial charge in [0.25, 0.3) is 5.91 Å². The Labute approximate surface area is 178 Å². The molecular formula is C21H19N3O4S2. The number of carbonyl (C=O) groups excluding carboxylic acids is 1. The lowest BCUT2D eigenvalue weighted by Crippen LogP contribution is -2.27. The molecule has 3 aromatic rings. The number of para-hydroxylation sites is 1. The molecule has 30 heavy (non-hydrogen) atoms. The largest absolute Gasteiger partial charge is 0.487 e. The molecule has 2 aliphatic heterocycles. The first kappa shape index (κ1) is 19.2. The highest BCUT2D eigenvalue weighted by molar-refractivity contribution is 7.89. The Hall–Kier alpha value is -2.75. The molecule has 9 heteroatoms. The molecule has 5 rings (SSSR count). The van der Waals surface area contributed by atoms with Crippen LogP contribution in [0.25, 0.3) is 11.3 Å². The van der Waals surface area contributed by atoms with Crippen molar-refractivity contribution in [3.05, 3.63) is 59.0 Å². The van der Waals surface area contributed by atoms with Crippen LogP contribution in [0.4, 0.5) is 5.13 Å². The number of amides is 1. The first-order valence-corrected chi connectivity index (χ1v) is 11.9. The van der Waals surface area contributed by atoms with E-state index < -0.39 is 10.0 Å². The number of anilines is 1. The lowest BCUT2D eigenvalue weighted by atomic mass is 10.1. The summed E-state index contributed by atoms with van der Waals surface area (Å²) >= 11 is 1.38. The van der Waals surface area contributed by atoms with Crippen LogP contribution in [0, 0.1) is 0 Å². The number of thiazole rings is 1. The van der Waals surface area contributed by atoms with E-state index >= 15 is 0 Å². The van der Waals surface area contributed by atoms with Crippen molar-refractivity contribution in [3.63, 3.8) is 0 Å². The second-order valence-corrected chi connectivity index (χ2v) is 10.2. The molecule has 0 spiro atoms. The maximum atomic E-state index is 12.7. The molecule has 1 fully saturated rings. The molecule has 1 saturated heterocycles. The average molecular weight is 442 g/mol. The van der Waals surface area contributed by atoms with Crippen LogP contribution in [0.5, 0.6) is 5.75 Å². The predicted octanol–water partition coefficient (Wildman–Crippen LogP) is 3.74. The Morgan fingerprint density at radius 3 is 2.57 bits per heavy atom. The fraction of sp³-hybridized carbons (Fsp3) is 0.238. The summed E-state index contributed by atoms with van der Waals surface area (Å²) in [5.41, 5.74) is 2.11. The first-order chi connectivity index (χ1) is 14.5. The molecular weight excluding hydrogens is 422 g/mol. The van der Waals surface area contributed by atoms with Crippen LogP contribution in [0.3, 0.4) is 0 Å². The lowest BCUT2D eigenvalue weighted by Gasteiger charge is -2.15. The molecule has 0 unspecified atom stereocenters. The Kier molecular flexibility index (Phi) is 4.80. The van der Waals surface area contributed by atoms with Gasteiger partial charge in [-0.1, -0.05) is 23.5 Å². The summed E-state index contributed by atoms with van der Waals surface area (Å²) in [7, 11) is -3.49. The van der Waals surface area contributed by atoms with Gasteiger partial charge in [-0.25, -0.2) is 13.4 Å². The maximum Gasteiger partial charge on any atom is 0.257 e. The number of sulfonamides is 1. The van der Waals surface area contributed by atoms with Gasteiger partial charge in [0.15, 0.2) is 5.13 Å². The fourth-order valence-electron chi connectivity index (χ4n) is 3.67. The SMILES string of the molecule is O=C(Nc1nc2c(s1)COc1ccccc1-2)c1ccc(S(=O)(=O)N2CCCC2)cc1. The summed E-state index contributed by atoms with van der Waals surface area (Å²) in [6, 6.07) is 13.7. The van der Waals surface area contributed by atoms with Crippen LogP contribution in [-0.4, -0.2) is 36.7 Å². The Bertz CT molecular complexity index is 1210. The van der Waals surface area contributed by atoms with Gasteiger partial charge in [-0.05, 0) is 49.2 Å². The zero-order valence-electron chi connectivity index (χ0n) is 16.0. The van der Waals surface area contributed by atoms with Crippen molar-refractivity contribution in [3.8, 4) is 17.0 Å². The molecule has 7 nitrogen and oxygen atoms in total. The number of aromatic nitrogens is 1. The third-order valence-corrected chi connectivity index (χ3v) is 8.10. The van der Waals surface area contributed by atoms with Crippen LogP contribution in [-0.2, 0) is 16.6 Å². The molecule has 0 radical (unpaired) electrons. The molecule has 1 aromatic heterocycles. The molecule has 2 aliphatic rings. The van der Waals surface area contributed by atoms with Crippen molar-refractivity contribution in [2.45, 2.75) is 24.3 Å². The Morgan fingerprint density at radius 2 is 1.80 bits per heavy atom. The van der Waals surface area contributed by atoms with E-state index in [0.717, 1.165) is 34.7 Å². The molecule has 0 aliphatic carbocycles. The van der Waals surface area contributed by atoms with E-state index in [9.17, 15) is 13.2 Å². The smallest absolute Gasteiger partial charge is 0.257 e. The molecule has 1 N–H and O–H groups in total. The highest BCUT2D eigenvalue weighted by Gasteiger charge is 2.27. The van der Waals surface area contributed by atoms with Crippen molar-refractivity contribution in [1.82, 2.24) is 9.29 Å². The van der Waals surface area contributed by atoms with E-state index in [4.69, 9.17) is 4.74 Å². The Balaban J connectivity index is 1.34. The summed E-state index contributed by atoms with van der Waals surface area (Å²) < 4.78 is 32.5. The summed E-state index contributed by atoms with van der Waals surface area (Å²) in [6.07, 6.45) is 1.76. The van der Waals surface area contributed by atoms with Crippen molar-refractivity contribution in [2.75, 3.05) is 18.4 Å². The van der Waals surface area contributed by atoms with Gasteiger partial charge in [0.05, 0.1) is 15.5 Å². The first-order valence-electron chi connectivity index (χ1n) is 9.66. The van der Waals surface area contributed by atoms with E-state index in [-0.39, 0.29) is 10.8 Å². The number of ether oxygens (including phenoxy) is 1. The van der Waals surface area contributed by atoms with Crippen molar-refractivity contribution in [1.29, 1.82) is 0 Å². The minimum atomic E-state index is -3.49. The molecule has 154 valence electrons. The number of fused-ring (bicyclic) bond motifs is 3. The van der Waals surface area contributed by atoms with Crippen molar-refractivity contribution in [2.24, 2.45) is 0 Å². The van der Waals surface area contributed by atoms with Gasteiger partial charge in [0, 0.05) is 24.2 Å². The summed E-state index contributed by atoms with van der Waals surface area (Å²) in [6.45, 7) is 1.52. The molecule has 2 aromatic carbocycles. The van der Waals surface area contributed by atoms with Crippen LogP contribution in [0.2, 0.25) is 0 Å². The van der Waals surface area contributed by atoms with E-state index in [1.54, 1.807) is 0 Å². The minimum absolute atomic E-state index is 0.208. The van der Waals surface area contributed by atoms with E-state index in [0.29, 0.717) is 30.4 Å². The van der Waals surface area contributed by atoms with Gasteiger partial charge in [0.1, 0.15) is 12.4 Å². The zero-order valence-corrected chi connectivity index (χ0v) is 17.6. The predicted molar refractivity (Wildman–Crippen MR) is 114 cm³/mol. The van der Waals surface area contributed by atoms with Crippen molar-refractivity contribution >= 4 is 32.4 Å². The number of benzene rings is 2. The van der Waals surface area contributed by atoms with E-state index in [2.05, 4.69) is 10.3 Å². The number of hydrogen-bond donors (Lipinski definition) is 1. The third kappa shape index (κ3) is 3.38. The Morgan fingerprint density at radius 1 is 1.07 bits per heavy atom. The number of hydrogen-bond acceptors (Lipinski definition) is 6. The standard InChI is InChI=1S/C21H19N3O4S2/c25-20(14-7-9-15(10-8-14)30(26,27)24-11-3-4-12-24)23-21-22-19-16-5-1-2-6-17(16)28-13-18(19)29-21/h1-2,5-10H,3-4,11-13H2,(H,22,23,25). The quantitative estimate of drug-likeness (QED) is 0.666. The number of rotatable bonds is 4. The summed E-state index contributed by atoms with van der Waals surface area (Å²) in [5.74, 6) is 0.448. The summed E-state index contributed by atoms with van der Waals surface area (Å²) in [4.78, 5) is 18.4. The fourth-order valence-corrected chi connectivity index (χ4v) is 6.07. The molecule has 0 atom stereocenters. The topological polar surface area (TPSA) is 88.6 Å². The van der Waals surface area contributed by atoms with E-state index in [1.165, 1.54) is 39.9 Å². The highest BCUT2D eigenvalue weighted by Crippen LogP contribution is 2.40. The maximum absolute atomic E-state index is 12.7. The monoisotopic (exact) mass is 441 g/mol. The third-order valence-electron chi connectivity index (χ3n) is 5.24. The number of nitrogens with one attached hydrogen (secondary N) is 1. The van der Waals surface area contributed by atoms with Gasteiger partial charge in [-0.3, -0.25) is 10.1 Å². The van der Waals surface area contributed by atoms with Crippen molar-refractivity contribution < 1.29 is 17.9 Å². The molecule has 0 bridgehead atoms. The van der Waals surface area contributed by atoms with Gasteiger partial charge in [-0.2, -0.15) is 4.31 Å². The van der Waals surface area contributed by atoms with Gasteiger partial charge >= 0.3 is 0 Å². The van der Waals surface area contributed by atoms with Gasteiger partial charge in [0.2, 0.25) is 10.0 Å². The molecule has 1 amide bonds. The molecule has 3 heterocycles. The van der Waals surface area contributed by atoms with Crippen LogP contribution >= 0.6 is 11.3 Å². The van der Waals surface area contributed by atoms with Crippen LogP contribution < -0.4 is 10.1 Å². The molecule has 0 saturated carbocycles. The zero-order chi connectivity index (χ0) is 20.7. The summed E-state index contributed by atoms with van der Waals surface area (Å²) in [5, 5.41) is 3.30. The van der Waals surface area contributed by atoms with Crippen LogP contribution in [0.1, 0.15) is 28.1 Å². The lowest BCUT2D eigenvalue weighted by molar-refractivity contribution is 0.102. The second kappa shape index (κ2) is 7.50. The highest BCUT2D eigenvalue weighted by atomic mass is 32.2. The number of nitrogens with zero attached hydrogens (tertiary/aromatic N) is 2. The van der Waals surface area contributed by atoms with Gasteiger partial charge in [-0.15, -0.1) is 0 Å².